The quantitative estimate of drug-likeness (QED) is 0.306. The number of aliphatic imine (C=N–C) groups is 1. The zero-order valence-corrected chi connectivity index (χ0v) is 14.9. The van der Waals surface area contributed by atoms with Gasteiger partial charge in [-0.1, -0.05) is 29.3 Å². The van der Waals surface area contributed by atoms with Gasteiger partial charge < -0.3 is 11.1 Å². The fraction of sp³-hybridized carbons (Fsp3) is 0.462. The van der Waals surface area contributed by atoms with Gasteiger partial charge in [0.1, 0.15) is 5.82 Å². The van der Waals surface area contributed by atoms with Gasteiger partial charge in [-0.2, -0.15) is 0 Å². The van der Waals surface area contributed by atoms with Crippen LogP contribution < -0.4 is 11.1 Å². The van der Waals surface area contributed by atoms with E-state index < -0.39 is 0 Å². The SMILES string of the molecule is CCCCN=C(N)NCCc1cc(Br)ccc1F.I. The van der Waals surface area contributed by atoms with Crippen molar-refractivity contribution in [3.8, 4) is 0 Å². The van der Waals surface area contributed by atoms with E-state index in [4.69, 9.17) is 5.73 Å². The summed E-state index contributed by atoms with van der Waals surface area (Å²) < 4.78 is 14.3. The lowest BCUT2D eigenvalue weighted by Crippen LogP contribution is -2.33. The van der Waals surface area contributed by atoms with Gasteiger partial charge in [0.15, 0.2) is 5.96 Å². The highest BCUT2D eigenvalue weighted by Gasteiger charge is 2.02. The molecule has 0 aliphatic heterocycles. The Bertz CT molecular complexity index is 413. The first-order valence-electron chi connectivity index (χ1n) is 6.11. The average Bonchev–Trinajstić information content (AvgIpc) is 2.34. The van der Waals surface area contributed by atoms with Crippen molar-refractivity contribution in [2.45, 2.75) is 26.2 Å². The molecule has 0 atom stereocenters. The molecule has 108 valence electrons. The van der Waals surface area contributed by atoms with E-state index in [1.54, 1.807) is 12.1 Å². The van der Waals surface area contributed by atoms with Crippen LogP contribution in [0.4, 0.5) is 4.39 Å². The number of benzene rings is 1. The Morgan fingerprint density at radius 3 is 2.89 bits per heavy atom. The van der Waals surface area contributed by atoms with E-state index in [0.29, 0.717) is 24.5 Å². The van der Waals surface area contributed by atoms with Crippen molar-refractivity contribution in [1.82, 2.24) is 5.32 Å². The molecule has 0 radical (unpaired) electrons. The van der Waals surface area contributed by atoms with E-state index in [-0.39, 0.29) is 29.8 Å². The van der Waals surface area contributed by atoms with Crippen molar-refractivity contribution in [2.75, 3.05) is 13.1 Å². The summed E-state index contributed by atoms with van der Waals surface area (Å²) in [7, 11) is 0. The highest BCUT2D eigenvalue weighted by molar-refractivity contribution is 14.0. The molecular formula is C13H20BrFIN3. The van der Waals surface area contributed by atoms with Gasteiger partial charge in [0.25, 0.3) is 0 Å². The molecule has 3 N–H and O–H groups in total. The van der Waals surface area contributed by atoms with Gasteiger partial charge in [-0.05, 0) is 36.6 Å². The average molecular weight is 444 g/mol. The number of hydrogen-bond donors (Lipinski definition) is 2. The number of halogens is 3. The summed E-state index contributed by atoms with van der Waals surface area (Å²) >= 11 is 3.32. The third kappa shape index (κ3) is 7.71. The number of nitrogens with two attached hydrogens (primary N) is 1. The summed E-state index contributed by atoms with van der Waals surface area (Å²) in [6, 6.07) is 4.92. The molecule has 19 heavy (non-hydrogen) atoms. The topological polar surface area (TPSA) is 50.4 Å². The van der Waals surface area contributed by atoms with Crippen LogP contribution in [0.25, 0.3) is 0 Å². The Morgan fingerprint density at radius 2 is 2.21 bits per heavy atom. The minimum Gasteiger partial charge on any atom is -0.370 e. The molecule has 0 amide bonds. The molecule has 0 saturated carbocycles. The van der Waals surface area contributed by atoms with E-state index in [1.165, 1.54) is 6.07 Å². The van der Waals surface area contributed by atoms with Crippen molar-refractivity contribution >= 4 is 45.9 Å². The van der Waals surface area contributed by atoms with Crippen molar-refractivity contribution in [2.24, 2.45) is 10.7 Å². The smallest absolute Gasteiger partial charge is 0.188 e. The fourth-order valence-electron chi connectivity index (χ4n) is 1.47. The summed E-state index contributed by atoms with van der Waals surface area (Å²) in [6.07, 6.45) is 2.71. The Labute approximate surface area is 139 Å². The standard InChI is InChI=1S/C13H19BrFN3.HI/c1-2-3-7-17-13(16)18-8-6-10-9-11(14)4-5-12(10)15;/h4-5,9H,2-3,6-8H2,1H3,(H3,16,17,18);1H. The molecule has 0 spiro atoms. The highest BCUT2D eigenvalue weighted by atomic mass is 127. The largest absolute Gasteiger partial charge is 0.370 e. The van der Waals surface area contributed by atoms with Crippen molar-refractivity contribution < 1.29 is 4.39 Å². The lowest BCUT2D eigenvalue weighted by Gasteiger charge is -2.07. The number of nitrogens with one attached hydrogen (secondary N) is 1. The van der Waals surface area contributed by atoms with Gasteiger partial charge in [0, 0.05) is 17.6 Å². The minimum atomic E-state index is -0.193. The van der Waals surface area contributed by atoms with Crippen molar-refractivity contribution in [3.63, 3.8) is 0 Å². The summed E-state index contributed by atoms with van der Waals surface area (Å²) in [5, 5.41) is 2.98. The Kier molecular flexibility index (Phi) is 10.2. The lowest BCUT2D eigenvalue weighted by molar-refractivity contribution is 0.607. The maximum atomic E-state index is 13.4. The zero-order chi connectivity index (χ0) is 13.4. The van der Waals surface area contributed by atoms with Crippen LogP contribution in [0.3, 0.4) is 0 Å². The second-order valence-corrected chi connectivity index (χ2v) is 4.95. The maximum Gasteiger partial charge on any atom is 0.188 e. The highest BCUT2D eigenvalue weighted by Crippen LogP contribution is 2.15. The first-order chi connectivity index (χ1) is 8.63. The van der Waals surface area contributed by atoms with Gasteiger partial charge in [0.05, 0.1) is 0 Å². The summed E-state index contributed by atoms with van der Waals surface area (Å²) in [5.74, 6) is 0.236. The van der Waals surface area contributed by atoms with Crippen LogP contribution in [0, 0.1) is 5.82 Å². The molecule has 3 nitrogen and oxygen atoms in total. The lowest BCUT2D eigenvalue weighted by atomic mass is 10.1. The van der Waals surface area contributed by atoms with E-state index in [9.17, 15) is 4.39 Å². The molecule has 0 aliphatic carbocycles. The van der Waals surface area contributed by atoms with Gasteiger partial charge in [-0.15, -0.1) is 24.0 Å². The predicted molar refractivity (Wildman–Crippen MR) is 92.6 cm³/mol. The van der Waals surface area contributed by atoms with Crippen LogP contribution in [0.1, 0.15) is 25.3 Å². The summed E-state index contributed by atoms with van der Waals surface area (Å²) in [6.45, 7) is 3.42. The first kappa shape index (κ1) is 18.6. The molecule has 1 aromatic carbocycles. The first-order valence-corrected chi connectivity index (χ1v) is 6.90. The number of nitrogens with zero attached hydrogens (tertiary/aromatic N) is 1. The molecule has 0 saturated heterocycles. The number of hydrogen-bond acceptors (Lipinski definition) is 1. The Morgan fingerprint density at radius 1 is 1.47 bits per heavy atom. The molecule has 0 aliphatic rings. The molecule has 6 heteroatoms. The van der Waals surface area contributed by atoms with Gasteiger partial charge >= 0.3 is 0 Å². The molecule has 0 heterocycles. The van der Waals surface area contributed by atoms with E-state index in [0.717, 1.165) is 23.9 Å². The van der Waals surface area contributed by atoms with E-state index in [1.807, 2.05) is 0 Å². The third-order valence-corrected chi connectivity index (χ3v) is 3.00. The predicted octanol–water partition coefficient (Wildman–Crippen LogP) is 3.45. The van der Waals surface area contributed by atoms with Crippen molar-refractivity contribution in [1.29, 1.82) is 0 Å². The molecular weight excluding hydrogens is 424 g/mol. The van der Waals surface area contributed by atoms with Crippen LogP contribution in [0.2, 0.25) is 0 Å². The molecule has 1 rings (SSSR count). The maximum absolute atomic E-state index is 13.4. The molecule has 0 bridgehead atoms. The number of unbranched alkanes of at least 4 members (excludes halogenated alkanes) is 1. The Balaban J connectivity index is 0.00000324. The second-order valence-electron chi connectivity index (χ2n) is 4.03. The van der Waals surface area contributed by atoms with Crippen LogP contribution in [-0.2, 0) is 6.42 Å². The summed E-state index contributed by atoms with van der Waals surface area (Å²) in [4.78, 5) is 4.17. The minimum absolute atomic E-state index is 0. The summed E-state index contributed by atoms with van der Waals surface area (Å²) in [5.41, 5.74) is 6.35. The fourth-order valence-corrected chi connectivity index (χ4v) is 1.88. The van der Waals surface area contributed by atoms with Crippen LogP contribution >= 0.6 is 39.9 Å². The zero-order valence-electron chi connectivity index (χ0n) is 11.0. The van der Waals surface area contributed by atoms with Crippen LogP contribution in [0.15, 0.2) is 27.7 Å². The van der Waals surface area contributed by atoms with Crippen LogP contribution in [-0.4, -0.2) is 19.0 Å². The monoisotopic (exact) mass is 443 g/mol. The molecule has 0 fully saturated rings. The molecule has 0 unspecified atom stereocenters. The normalized spacial score (nSPS) is 11.0. The van der Waals surface area contributed by atoms with Crippen LogP contribution in [0.5, 0.6) is 0 Å². The van der Waals surface area contributed by atoms with E-state index >= 15 is 0 Å². The second kappa shape index (κ2) is 10.4. The Hall–Kier alpha value is -0.370. The molecule has 1 aromatic rings. The van der Waals surface area contributed by atoms with Gasteiger partial charge in [-0.3, -0.25) is 4.99 Å². The van der Waals surface area contributed by atoms with Gasteiger partial charge in [0.2, 0.25) is 0 Å². The molecule has 0 aromatic heterocycles. The van der Waals surface area contributed by atoms with Gasteiger partial charge in [-0.25, -0.2) is 4.39 Å². The van der Waals surface area contributed by atoms with Crippen molar-refractivity contribution in [3.05, 3.63) is 34.1 Å². The van der Waals surface area contributed by atoms with E-state index in [2.05, 4.69) is 33.2 Å². The number of guanidine groups is 1. The number of rotatable bonds is 6. The third-order valence-electron chi connectivity index (χ3n) is 2.50.